The van der Waals surface area contributed by atoms with Gasteiger partial charge in [-0.3, -0.25) is 0 Å². The van der Waals surface area contributed by atoms with E-state index in [4.69, 9.17) is 16.3 Å². The molecule has 0 amide bonds. The second-order valence-electron chi connectivity index (χ2n) is 3.12. The van der Waals surface area contributed by atoms with Crippen molar-refractivity contribution < 1.29 is 4.74 Å². The van der Waals surface area contributed by atoms with E-state index < -0.39 is 0 Å². The van der Waals surface area contributed by atoms with E-state index in [0.717, 1.165) is 11.4 Å². The maximum Gasteiger partial charge on any atom is 0.155 e. The molecule has 1 heterocycles. The van der Waals surface area contributed by atoms with Gasteiger partial charge in [-0.05, 0) is 19.8 Å². The van der Waals surface area contributed by atoms with Gasteiger partial charge in [0.1, 0.15) is 11.4 Å². The monoisotopic (exact) mass is 198 g/mol. The van der Waals surface area contributed by atoms with Crippen LogP contribution in [0.4, 0.5) is 0 Å². The first-order valence-electron chi connectivity index (χ1n) is 4.47. The van der Waals surface area contributed by atoms with E-state index >= 15 is 0 Å². The summed E-state index contributed by atoms with van der Waals surface area (Å²) in [5.74, 6) is 1.34. The molecule has 1 aromatic heterocycles. The predicted octanol–water partition coefficient (Wildman–Crippen LogP) is 2.41. The fourth-order valence-corrected chi connectivity index (χ4v) is 1.41. The van der Waals surface area contributed by atoms with E-state index in [1.807, 2.05) is 6.92 Å². The molecule has 0 aromatic carbocycles. The first kappa shape index (κ1) is 8.75. The van der Waals surface area contributed by atoms with Crippen LogP contribution in [0.3, 0.4) is 0 Å². The van der Waals surface area contributed by atoms with E-state index in [-0.39, 0.29) is 0 Å². The van der Waals surface area contributed by atoms with Crippen molar-refractivity contribution in [1.29, 1.82) is 0 Å². The zero-order valence-corrected chi connectivity index (χ0v) is 8.21. The molecule has 1 aromatic rings. The summed E-state index contributed by atoms with van der Waals surface area (Å²) in [6.45, 7) is 2.59. The van der Waals surface area contributed by atoms with Crippen LogP contribution in [0.2, 0.25) is 5.15 Å². The molecule has 1 saturated carbocycles. The van der Waals surface area contributed by atoms with Crippen molar-refractivity contribution in [2.45, 2.75) is 25.7 Å². The summed E-state index contributed by atoms with van der Waals surface area (Å²) in [5.41, 5.74) is 0.964. The average Bonchev–Trinajstić information content (AvgIpc) is 2.88. The fraction of sp³-hybridized carbons (Fsp3) is 0.556. The van der Waals surface area contributed by atoms with Crippen molar-refractivity contribution in [1.82, 2.24) is 10.2 Å². The zero-order chi connectivity index (χ0) is 9.26. The highest BCUT2D eigenvalue weighted by molar-refractivity contribution is 6.29. The van der Waals surface area contributed by atoms with Crippen molar-refractivity contribution in [3.63, 3.8) is 0 Å². The van der Waals surface area contributed by atoms with Gasteiger partial charge in [-0.15, -0.1) is 10.2 Å². The number of ether oxygens (including phenoxy) is 1. The minimum Gasteiger partial charge on any atom is -0.492 e. The van der Waals surface area contributed by atoms with Gasteiger partial charge in [-0.1, -0.05) is 11.6 Å². The Morgan fingerprint density at radius 1 is 1.54 bits per heavy atom. The van der Waals surface area contributed by atoms with E-state index in [0.29, 0.717) is 17.7 Å². The van der Waals surface area contributed by atoms with Crippen LogP contribution in [0.15, 0.2) is 6.07 Å². The van der Waals surface area contributed by atoms with Crippen LogP contribution in [-0.2, 0) is 0 Å². The molecule has 0 unspecified atom stereocenters. The standard InChI is InChI=1S/C9H11ClN2O/c1-2-13-7-5-8(10)11-12-9(7)6-3-4-6/h5-6H,2-4H2,1H3. The smallest absolute Gasteiger partial charge is 0.155 e. The van der Waals surface area contributed by atoms with Crippen LogP contribution in [0.5, 0.6) is 5.75 Å². The quantitative estimate of drug-likeness (QED) is 0.748. The van der Waals surface area contributed by atoms with Crippen LogP contribution < -0.4 is 4.74 Å². The molecule has 0 radical (unpaired) electrons. The third-order valence-electron chi connectivity index (χ3n) is 2.02. The van der Waals surface area contributed by atoms with Gasteiger partial charge >= 0.3 is 0 Å². The van der Waals surface area contributed by atoms with Crippen LogP contribution >= 0.6 is 11.6 Å². The number of hydrogen-bond acceptors (Lipinski definition) is 3. The van der Waals surface area contributed by atoms with Crippen molar-refractivity contribution in [2.75, 3.05) is 6.61 Å². The second-order valence-corrected chi connectivity index (χ2v) is 3.51. The molecule has 0 N–H and O–H groups in total. The second kappa shape index (κ2) is 3.50. The highest BCUT2D eigenvalue weighted by atomic mass is 35.5. The maximum absolute atomic E-state index is 5.72. The molecule has 0 spiro atoms. The molecule has 0 atom stereocenters. The lowest BCUT2D eigenvalue weighted by atomic mass is 10.2. The minimum atomic E-state index is 0.396. The average molecular weight is 199 g/mol. The lowest BCUT2D eigenvalue weighted by Gasteiger charge is -2.06. The van der Waals surface area contributed by atoms with Crippen molar-refractivity contribution in [3.05, 3.63) is 16.9 Å². The van der Waals surface area contributed by atoms with Gasteiger partial charge in [0, 0.05) is 12.0 Å². The summed E-state index contributed by atoms with van der Waals surface area (Å²) in [4.78, 5) is 0. The first-order chi connectivity index (χ1) is 6.31. The molecule has 4 heteroatoms. The Balaban J connectivity index is 2.30. The lowest BCUT2D eigenvalue weighted by Crippen LogP contribution is -1.99. The van der Waals surface area contributed by atoms with Gasteiger partial charge in [0.2, 0.25) is 0 Å². The number of aromatic nitrogens is 2. The van der Waals surface area contributed by atoms with Crippen molar-refractivity contribution >= 4 is 11.6 Å². The number of rotatable bonds is 3. The van der Waals surface area contributed by atoms with Crippen molar-refractivity contribution in [2.24, 2.45) is 0 Å². The summed E-state index contributed by atoms with van der Waals surface area (Å²) in [7, 11) is 0. The molecule has 0 saturated heterocycles. The van der Waals surface area contributed by atoms with Gasteiger partial charge in [0.15, 0.2) is 5.15 Å². The maximum atomic E-state index is 5.72. The van der Waals surface area contributed by atoms with Gasteiger partial charge in [-0.2, -0.15) is 0 Å². The topological polar surface area (TPSA) is 35.0 Å². The highest BCUT2D eigenvalue weighted by Crippen LogP contribution is 2.43. The molecule has 1 fully saturated rings. The minimum absolute atomic E-state index is 0.396. The van der Waals surface area contributed by atoms with Gasteiger partial charge in [-0.25, -0.2) is 0 Å². The highest BCUT2D eigenvalue weighted by Gasteiger charge is 2.29. The summed E-state index contributed by atoms with van der Waals surface area (Å²) >= 11 is 5.72. The molecule has 13 heavy (non-hydrogen) atoms. The number of hydrogen-bond donors (Lipinski definition) is 0. The first-order valence-corrected chi connectivity index (χ1v) is 4.85. The lowest BCUT2D eigenvalue weighted by molar-refractivity contribution is 0.333. The molecule has 3 nitrogen and oxygen atoms in total. The molecule has 0 bridgehead atoms. The third kappa shape index (κ3) is 1.91. The van der Waals surface area contributed by atoms with Crippen LogP contribution in [0.25, 0.3) is 0 Å². The van der Waals surface area contributed by atoms with Gasteiger partial charge in [0.05, 0.1) is 6.61 Å². The predicted molar refractivity (Wildman–Crippen MR) is 50.2 cm³/mol. The molecule has 70 valence electrons. The van der Waals surface area contributed by atoms with Crippen LogP contribution in [-0.4, -0.2) is 16.8 Å². The molecular weight excluding hydrogens is 188 g/mol. The van der Waals surface area contributed by atoms with E-state index in [9.17, 15) is 0 Å². The number of nitrogens with zero attached hydrogens (tertiary/aromatic N) is 2. The normalized spacial score (nSPS) is 15.8. The van der Waals surface area contributed by atoms with E-state index in [1.54, 1.807) is 6.07 Å². The Hall–Kier alpha value is -0.830. The Bertz CT molecular complexity index is 312. The zero-order valence-electron chi connectivity index (χ0n) is 7.46. The van der Waals surface area contributed by atoms with Crippen LogP contribution in [0.1, 0.15) is 31.4 Å². The Morgan fingerprint density at radius 2 is 2.31 bits per heavy atom. The van der Waals surface area contributed by atoms with E-state index in [2.05, 4.69) is 10.2 Å². The largest absolute Gasteiger partial charge is 0.492 e. The van der Waals surface area contributed by atoms with E-state index in [1.165, 1.54) is 12.8 Å². The summed E-state index contributed by atoms with van der Waals surface area (Å²) < 4.78 is 5.43. The third-order valence-corrected chi connectivity index (χ3v) is 2.20. The van der Waals surface area contributed by atoms with Gasteiger partial charge in [0.25, 0.3) is 0 Å². The van der Waals surface area contributed by atoms with Crippen molar-refractivity contribution in [3.8, 4) is 5.75 Å². The Kier molecular flexibility index (Phi) is 2.36. The summed E-state index contributed by atoms with van der Waals surface area (Å²) in [6.07, 6.45) is 2.38. The summed E-state index contributed by atoms with van der Waals surface area (Å²) in [6, 6.07) is 1.74. The molecule has 1 aliphatic rings. The van der Waals surface area contributed by atoms with Gasteiger partial charge < -0.3 is 4.74 Å². The molecule has 1 aliphatic carbocycles. The molecule has 0 aliphatic heterocycles. The SMILES string of the molecule is CCOc1cc(Cl)nnc1C1CC1. The Morgan fingerprint density at radius 3 is 2.92 bits per heavy atom. The van der Waals surface area contributed by atoms with Crippen LogP contribution in [0, 0.1) is 0 Å². The molecule has 2 rings (SSSR count). The Labute approximate surface area is 82.1 Å². The number of halogens is 1. The summed E-state index contributed by atoms with van der Waals surface area (Å²) in [5, 5.41) is 8.27. The fourth-order valence-electron chi connectivity index (χ4n) is 1.27. The molecular formula is C9H11ClN2O.